The van der Waals surface area contributed by atoms with E-state index >= 15 is 0 Å². The summed E-state index contributed by atoms with van der Waals surface area (Å²) in [5.41, 5.74) is 0.957. The van der Waals surface area contributed by atoms with Gasteiger partial charge in [0.05, 0.1) is 26.6 Å². The molecule has 0 aliphatic rings. The Kier molecular flexibility index (Phi) is 7.50. The van der Waals surface area contributed by atoms with E-state index in [1.165, 1.54) is 60.7 Å². The van der Waals surface area contributed by atoms with Crippen LogP contribution in [0.25, 0.3) is 10.2 Å². The van der Waals surface area contributed by atoms with Gasteiger partial charge < -0.3 is 9.30 Å². The molecular weight excluding hydrogens is 528 g/mol. The number of methoxy groups -OCH3 is 1. The van der Waals surface area contributed by atoms with E-state index in [1.807, 2.05) is 0 Å². The summed E-state index contributed by atoms with van der Waals surface area (Å²) in [5, 5.41) is 11.6. The largest absolute Gasteiger partial charge is 0.383 e. The van der Waals surface area contributed by atoms with Gasteiger partial charge in [0.2, 0.25) is 0 Å². The third-order valence-electron chi connectivity index (χ3n) is 5.08. The fourth-order valence-electron chi connectivity index (χ4n) is 3.35. The van der Waals surface area contributed by atoms with Gasteiger partial charge in [-0.2, -0.15) is 4.99 Å². The molecule has 1 N–H and O–H groups in total. The molecule has 0 aliphatic heterocycles. The van der Waals surface area contributed by atoms with Crippen LogP contribution in [0, 0.1) is 10.1 Å². The van der Waals surface area contributed by atoms with E-state index in [2.05, 4.69) is 9.71 Å². The molecule has 0 spiro atoms. The minimum atomic E-state index is -3.90. The number of ether oxygens (including phenoxy) is 1. The molecule has 3 aromatic carbocycles. The number of hydrogen-bond acceptors (Lipinski definition) is 7. The Morgan fingerprint density at radius 2 is 1.92 bits per heavy atom. The first-order valence-electron chi connectivity index (χ1n) is 10.4. The zero-order valence-corrected chi connectivity index (χ0v) is 21.1. The average Bonchev–Trinajstić information content (AvgIpc) is 3.18. The maximum Gasteiger partial charge on any atom is 0.279 e. The van der Waals surface area contributed by atoms with Gasteiger partial charge >= 0.3 is 0 Å². The normalized spacial score (nSPS) is 12.1. The fraction of sp³-hybridized carbons (Fsp3) is 0.130. The number of non-ortho nitro benzene ring substituents is 1. The summed E-state index contributed by atoms with van der Waals surface area (Å²) in [5.74, 6) is -0.602. The molecule has 0 saturated carbocycles. The summed E-state index contributed by atoms with van der Waals surface area (Å²) in [4.78, 5) is 28.3. The lowest BCUT2D eigenvalue weighted by Crippen LogP contribution is -2.19. The molecule has 0 unspecified atom stereocenters. The first-order valence-corrected chi connectivity index (χ1v) is 13.1. The fourth-order valence-corrected chi connectivity index (χ4v) is 5.62. The van der Waals surface area contributed by atoms with E-state index in [1.54, 1.807) is 17.7 Å². The molecule has 1 amide bonds. The molecule has 36 heavy (non-hydrogen) atoms. The van der Waals surface area contributed by atoms with Crippen molar-refractivity contribution in [1.82, 2.24) is 4.57 Å². The van der Waals surface area contributed by atoms with Crippen LogP contribution < -0.4 is 9.52 Å². The van der Waals surface area contributed by atoms with Crippen molar-refractivity contribution in [2.24, 2.45) is 4.99 Å². The second kappa shape index (κ2) is 10.6. The SMILES string of the molecule is COCCn1c(=NC(=O)c2cccc(NS(=O)(=O)c3ccc(Cl)cc3)c2)sc2cc([N+](=O)[O-])ccc21. The third kappa shape index (κ3) is 5.62. The Balaban J connectivity index is 1.68. The van der Waals surface area contributed by atoms with E-state index in [9.17, 15) is 23.3 Å². The summed E-state index contributed by atoms with van der Waals surface area (Å²) in [6, 6.07) is 16.1. The standard InChI is InChI=1S/C23H19ClN4O6S2/c1-34-12-11-27-20-10-7-18(28(30)31)14-21(20)35-23(27)25-22(29)15-3-2-4-17(13-15)26-36(32,33)19-8-5-16(24)6-9-19/h2-10,13-14,26H,11-12H2,1H3. The first-order chi connectivity index (χ1) is 17.2. The number of carbonyl (C=O) groups is 1. The lowest BCUT2D eigenvalue weighted by Gasteiger charge is -2.09. The van der Waals surface area contributed by atoms with Crippen LogP contribution in [0.3, 0.4) is 0 Å². The van der Waals surface area contributed by atoms with Gasteiger partial charge in [-0.3, -0.25) is 19.6 Å². The van der Waals surface area contributed by atoms with Gasteiger partial charge in [0.25, 0.3) is 21.6 Å². The number of benzene rings is 3. The molecule has 0 atom stereocenters. The molecule has 1 heterocycles. The molecule has 0 bridgehead atoms. The smallest absolute Gasteiger partial charge is 0.279 e. The maximum atomic E-state index is 13.0. The van der Waals surface area contributed by atoms with Gasteiger partial charge in [0.1, 0.15) is 0 Å². The van der Waals surface area contributed by atoms with Crippen LogP contribution in [-0.2, 0) is 21.3 Å². The monoisotopic (exact) mass is 546 g/mol. The molecule has 0 saturated heterocycles. The van der Waals surface area contributed by atoms with Crippen molar-refractivity contribution in [1.29, 1.82) is 0 Å². The van der Waals surface area contributed by atoms with Crippen LogP contribution in [0.2, 0.25) is 5.02 Å². The van der Waals surface area contributed by atoms with Crippen LogP contribution >= 0.6 is 22.9 Å². The number of thiazole rings is 1. The zero-order chi connectivity index (χ0) is 25.9. The summed E-state index contributed by atoms with van der Waals surface area (Å²) in [6.07, 6.45) is 0. The Morgan fingerprint density at radius 3 is 2.61 bits per heavy atom. The summed E-state index contributed by atoms with van der Waals surface area (Å²) in [7, 11) is -2.36. The Morgan fingerprint density at radius 1 is 1.17 bits per heavy atom. The van der Waals surface area contributed by atoms with E-state index < -0.39 is 20.9 Å². The number of nitro benzene ring substituents is 1. The lowest BCUT2D eigenvalue weighted by molar-refractivity contribution is -0.384. The Hall–Kier alpha value is -3.58. The molecule has 186 valence electrons. The van der Waals surface area contributed by atoms with Crippen LogP contribution in [0.15, 0.2) is 76.6 Å². The number of halogens is 1. The summed E-state index contributed by atoms with van der Waals surface area (Å²) < 4.78 is 35.3. The highest BCUT2D eigenvalue weighted by atomic mass is 35.5. The predicted octanol–water partition coefficient (Wildman–Crippen LogP) is 4.45. The van der Waals surface area contributed by atoms with Crippen LogP contribution in [0.1, 0.15) is 10.4 Å². The van der Waals surface area contributed by atoms with Gasteiger partial charge in [0.15, 0.2) is 4.80 Å². The predicted molar refractivity (Wildman–Crippen MR) is 137 cm³/mol. The van der Waals surface area contributed by atoms with E-state index in [4.69, 9.17) is 16.3 Å². The molecule has 0 fully saturated rings. The number of fused-ring (bicyclic) bond motifs is 1. The van der Waals surface area contributed by atoms with E-state index in [0.29, 0.717) is 33.2 Å². The minimum absolute atomic E-state index is 0.0203. The average molecular weight is 547 g/mol. The molecule has 1 aromatic heterocycles. The Bertz CT molecular complexity index is 1630. The van der Waals surface area contributed by atoms with Crippen LogP contribution in [-0.4, -0.2) is 37.5 Å². The highest BCUT2D eigenvalue weighted by molar-refractivity contribution is 7.92. The number of sulfonamides is 1. The van der Waals surface area contributed by atoms with Crippen molar-refractivity contribution in [3.05, 3.63) is 92.2 Å². The van der Waals surface area contributed by atoms with Crippen molar-refractivity contribution in [2.45, 2.75) is 11.4 Å². The quantitative estimate of drug-likeness (QED) is 0.256. The number of anilines is 1. The molecule has 13 heteroatoms. The van der Waals surface area contributed by atoms with Crippen molar-refractivity contribution in [3.63, 3.8) is 0 Å². The maximum absolute atomic E-state index is 13.0. The molecule has 4 rings (SSSR count). The number of rotatable bonds is 8. The second-order valence-corrected chi connectivity index (χ2v) is 10.6. The van der Waals surface area contributed by atoms with Gasteiger partial charge in [-0.05, 0) is 48.5 Å². The lowest BCUT2D eigenvalue weighted by atomic mass is 10.2. The van der Waals surface area contributed by atoms with Gasteiger partial charge in [0, 0.05) is 42.1 Å². The highest BCUT2D eigenvalue weighted by Gasteiger charge is 2.16. The number of nitrogens with one attached hydrogen (secondary N) is 1. The topological polar surface area (TPSA) is 133 Å². The van der Waals surface area contributed by atoms with Gasteiger partial charge in [-0.1, -0.05) is 29.0 Å². The van der Waals surface area contributed by atoms with E-state index in [0.717, 1.165) is 11.3 Å². The third-order valence-corrected chi connectivity index (χ3v) is 7.77. The van der Waals surface area contributed by atoms with Crippen molar-refractivity contribution in [2.75, 3.05) is 18.4 Å². The number of hydrogen-bond donors (Lipinski definition) is 1. The van der Waals surface area contributed by atoms with Gasteiger partial charge in [-0.25, -0.2) is 8.42 Å². The molecular formula is C23H19ClN4O6S2. The number of carbonyl (C=O) groups excluding carboxylic acids is 1. The van der Waals surface area contributed by atoms with E-state index in [-0.39, 0.29) is 21.8 Å². The first kappa shape index (κ1) is 25.5. The van der Waals surface area contributed by atoms with Crippen LogP contribution in [0.4, 0.5) is 11.4 Å². The number of aromatic nitrogens is 1. The van der Waals surface area contributed by atoms with Crippen molar-refractivity contribution < 1.29 is 22.9 Å². The van der Waals surface area contributed by atoms with Crippen molar-refractivity contribution in [3.8, 4) is 0 Å². The molecule has 4 aromatic rings. The molecule has 0 radical (unpaired) electrons. The number of nitro groups is 1. The number of nitrogens with zero attached hydrogens (tertiary/aromatic N) is 3. The summed E-state index contributed by atoms with van der Waals surface area (Å²) >= 11 is 6.96. The zero-order valence-electron chi connectivity index (χ0n) is 18.8. The Labute approximate surface area is 214 Å². The van der Waals surface area contributed by atoms with Crippen LogP contribution in [0.5, 0.6) is 0 Å². The second-order valence-electron chi connectivity index (χ2n) is 7.50. The number of amides is 1. The molecule has 0 aliphatic carbocycles. The molecule has 10 nitrogen and oxygen atoms in total. The van der Waals surface area contributed by atoms with Gasteiger partial charge in [-0.15, -0.1) is 0 Å². The highest BCUT2D eigenvalue weighted by Crippen LogP contribution is 2.24. The van der Waals surface area contributed by atoms with Crippen molar-refractivity contribution >= 4 is 60.5 Å². The minimum Gasteiger partial charge on any atom is -0.383 e. The summed E-state index contributed by atoms with van der Waals surface area (Å²) in [6.45, 7) is 0.716.